The van der Waals surface area contributed by atoms with Crippen LogP contribution in [0, 0.1) is 5.92 Å². The molecule has 0 atom stereocenters. The van der Waals surface area contributed by atoms with Gasteiger partial charge in [0.15, 0.2) is 0 Å². The second-order valence-electron chi connectivity index (χ2n) is 5.62. The Balaban J connectivity index is 2.29. The summed E-state index contributed by atoms with van der Waals surface area (Å²) in [5, 5.41) is 0.727. The average Bonchev–Trinajstić information content (AvgIpc) is 2.36. The van der Waals surface area contributed by atoms with Crippen LogP contribution in [0.3, 0.4) is 0 Å². The van der Waals surface area contributed by atoms with E-state index in [4.69, 9.17) is 4.74 Å². The Morgan fingerprint density at radius 1 is 1.26 bits per heavy atom. The van der Waals surface area contributed by atoms with Crippen LogP contribution < -0.4 is 0 Å². The van der Waals surface area contributed by atoms with Crippen LogP contribution in [0.1, 0.15) is 58.3 Å². The van der Waals surface area contributed by atoms with Crippen molar-refractivity contribution in [3.8, 4) is 0 Å². The van der Waals surface area contributed by atoms with Crippen molar-refractivity contribution in [3.05, 3.63) is 0 Å². The lowest BCUT2D eigenvalue weighted by molar-refractivity contribution is -0.142. The van der Waals surface area contributed by atoms with Gasteiger partial charge >= 0.3 is 6.18 Å². The van der Waals surface area contributed by atoms with Crippen LogP contribution in [0.4, 0.5) is 13.2 Å². The Kier molecular flexibility index (Phi) is 7.15. The molecule has 1 fully saturated rings. The molecule has 0 spiro atoms. The largest absolute Gasteiger partial charge is 0.389 e. The van der Waals surface area contributed by atoms with Crippen molar-refractivity contribution in [1.82, 2.24) is 0 Å². The first-order valence-corrected chi connectivity index (χ1v) is 8.29. The van der Waals surface area contributed by atoms with Crippen molar-refractivity contribution < 1.29 is 17.9 Å². The monoisotopic (exact) mass is 344 g/mol. The third kappa shape index (κ3) is 6.48. The summed E-state index contributed by atoms with van der Waals surface area (Å²) in [5.41, 5.74) is -0.226. The standard InChI is InChI=1S/C14H24BrF3O/c1-2-4-12-5-8-13(11-15,9-6-12)19-10-3-7-14(16,17)18/h12H,2-11H2,1H3. The van der Waals surface area contributed by atoms with Crippen molar-refractivity contribution in [2.75, 3.05) is 11.9 Å². The van der Waals surface area contributed by atoms with Crippen LogP contribution in [0.2, 0.25) is 0 Å². The zero-order valence-corrected chi connectivity index (χ0v) is 13.2. The highest BCUT2D eigenvalue weighted by Crippen LogP contribution is 2.38. The molecule has 1 nitrogen and oxygen atoms in total. The topological polar surface area (TPSA) is 9.23 Å². The Bertz CT molecular complexity index is 248. The van der Waals surface area contributed by atoms with Crippen molar-refractivity contribution in [3.63, 3.8) is 0 Å². The first-order chi connectivity index (χ1) is 8.91. The predicted molar refractivity (Wildman–Crippen MR) is 74.6 cm³/mol. The lowest BCUT2D eigenvalue weighted by Crippen LogP contribution is -2.39. The number of alkyl halides is 4. The Morgan fingerprint density at radius 2 is 1.89 bits per heavy atom. The maximum atomic E-state index is 12.1. The van der Waals surface area contributed by atoms with Gasteiger partial charge in [0.25, 0.3) is 0 Å². The number of halogens is 4. The number of rotatable bonds is 7. The molecule has 0 aliphatic heterocycles. The van der Waals surface area contributed by atoms with E-state index in [9.17, 15) is 13.2 Å². The molecule has 0 aromatic carbocycles. The van der Waals surface area contributed by atoms with Gasteiger partial charge in [0.05, 0.1) is 5.60 Å². The normalized spacial score (nSPS) is 28.6. The minimum Gasteiger partial charge on any atom is -0.374 e. The van der Waals surface area contributed by atoms with Gasteiger partial charge in [-0.05, 0) is 38.0 Å². The maximum Gasteiger partial charge on any atom is 0.389 e. The second-order valence-corrected chi connectivity index (χ2v) is 6.18. The highest BCUT2D eigenvalue weighted by molar-refractivity contribution is 9.09. The van der Waals surface area contributed by atoms with Crippen molar-refractivity contribution >= 4 is 15.9 Å². The molecule has 1 aliphatic carbocycles. The highest BCUT2D eigenvalue weighted by Gasteiger charge is 2.35. The van der Waals surface area contributed by atoms with Gasteiger partial charge in [0.1, 0.15) is 0 Å². The summed E-state index contributed by atoms with van der Waals surface area (Å²) < 4.78 is 42.0. The van der Waals surface area contributed by atoms with E-state index in [0.717, 1.165) is 36.9 Å². The van der Waals surface area contributed by atoms with Crippen LogP contribution >= 0.6 is 15.9 Å². The van der Waals surface area contributed by atoms with E-state index in [0.29, 0.717) is 0 Å². The summed E-state index contributed by atoms with van der Waals surface area (Å²) in [6.45, 7) is 2.41. The zero-order chi connectivity index (χ0) is 14.4. The van der Waals surface area contributed by atoms with Gasteiger partial charge in [-0.25, -0.2) is 0 Å². The van der Waals surface area contributed by atoms with Gasteiger partial charge < -0.3 is 4.74 Å². The molecule has 1 saturated carbocycles. The first kappa shape index (κ1) is 17.3. The van der Waals surface area contributed by atoms with Crippen molar-refractivity contribution in [2.45, 2.75) is 70.1 Å². The van der Waals surface area contributed by atoms with E-state index in [1.165, 1.54) is 12.8 Å². The summed E-state index contributed by atoms with van der Waals surface area (Å²) in [6.07, 6.45) is 1.93. The van der Waals surface area contributed by atoms with Gasteiger partial charge in [0.2, 0.25) is 0 Å². The predicted octanol–water partition coefficient (Wildman–Crippen LogP) is 5.47. The maximum absolute atomic E-state index is 12.1. The minimum absolute atomic E-state index is 0.0661. The second kappa shape index (κ2) is 7.87. The lowest BCUT2D eigenvalue weighted by Gasteiger charge is -2.39. The third-order valence-electron chi connectivity index (χ3n) is 3.97. The first-order valence-electron chi connectivity index (χ1n) is 7.17. The van der Waals surface area contributed by atoms with Crippen molar-refractivity contribution in [2.24, 2.45) is 5.92 Å². The van der Waals surface area contributed by atoms with E-state index in [1.54, 1.807) is 0 Å². The molecule has 5 heteroatoms. The summed E-state index contributed by atoms with van der Waals surface area (Å²) in [6, 6.07) is 0. The van der Waals surface area contributed by atoms with Gasteiger partial charge in [0, 0.05) is 18.4 Å². The summed E-state index contributed by atoms with van der Waals surface area (Å²) >= 11 is 3.47. The number of ether oxygens (including phenoxy) is 1. The summed E-state index contributed by atoms with van der Waals surface area (Å²) in [5.74, 6) is 0.774. The van der Waals surface area contributed by atoms with E-state index in [-0.39, 0.29) is 18.6 Å². The fraction of sp³-hybridized carbons (Fsp3) is 1.00. The molecular formula is C14H24BrF3O. The van der Waals surface area contributed by atoms with Crippen LogP contribution in [0.5, 0.6) is 0 Å². The molecule has 19 heavy (non-hydrogen) atoms. The van der Waals surface area contributed by atoms with E-state index in [1.807, 2.05) is 0 Å². The summed E-state index contributed by atoms with van der Waals surface area (Å²) in [4.78, 5) is 0. The molecule has 0 aromatic rings. The fourth-order valence-electron chi connectivity index (χ4n) is 2.78. The smallest absolute Gasteiger partial charge is 0.374 e. The molecule has 0 heterocycles. The molecule has 0 saturated heterocycles. The SMILES string of the molecule is CCCC1CCC(CBr)(OCCCC(F)(F)F)CC1. The van der Waals surface area contributed by atoms with E-state index >= 15 is 0 Å². The third-order valence-corrected chi connectivity index (χ3v) is 4.99. The van der Waals surface area contributed by atoms with Crippen LogP contribution in [0.15, 0.2) is 0 Å². The zero-order valence-electron chi connectivity index (χ0n) is 11.6. The highest BCUT2D eigenvalue weighted by atomic mass is 79.9. The van der Waals surface area contributed by atoms with Crippen LogP contribution in [-0.2, 0) is 4.74 Å². The molecule has 1 rings (SSSR count). The van der Waals surface area contributed by atoms with E-state index in [2.05, 4.69) is 22.9 Å². The lowest BCUT2D eigenvalue weighted by atomic mass is 9.78. The molecular weight excluding hydrogens is 321 g/mol. The Hall–Kier alpha value is 0.230. The average molecular weight is 345 g/mol. The number of hydrogen-bond acceptors (Lipinski definition) is 1. The Labute approximate surface area is 122 Å². The molecule has 0 aromatic heterocycles. The molecule has 0 unspecified atom stereocenters. The van der Waals surface area contributed by atoms with Crippen LogP contribution in [0.25, 0.3) is 0 Å². The quantitative estimate of drug-likeness (QED) is 0.439. The van der Waals surface area contributed by atoms with Crippen molar-refractivity contribution in [1.29, 1.82) is 0 Å². The van der Waals surface area contributed by atoms with Crippen LogP contribution in [-0.4, -0.2) is 23.7 Å². The van der Waals surface area contributed by atoms with Gasteiger partial charge in [-0.15, -0.1) is 0 Å². The van der Waals surface area contributed by atoms with Gasteiger partial charge in [-0.2, -0.15) is 13.2 Å². The molecule has 0 radical (unpaired) electrons. The van der Waals surface area contributed by atoms with Gasteiger partial charge in [-0.3, -0.25) is 0 Å². The molecule has 0 bridgehead atoms. The van der Waals surface area contributed by atoms with Gasteiger partial charge in [-0.1, -0.05) is 35.7 Å². The van der Waals surface area contributed by atoms with E-state index < -0.39 is 12.6 Å². The fourth-order valence-corrected chi connectivity index (χ4v) is 3.50. The Morgan fingerprint density at radius 3 is 2.37 bits per heavy atom. The molecule has 0 amide bonds. The molecule has 114 valence electrons. The number of hydrogen-bond donors (Lipinski definition) is 0. The minimum atomic E-state index is -4.07. The summed E-state index contributed by atoms with van der Waals surface area (Å²) in [7, 11) is 0. The molecule has 1 aliphatic rings. The molecule has 0 N–H and O–H groups in total.